The van der Waals surface area contributed by atoms with Crippen LogP contribution in [0.25, 0.3) is 33.2 Å². The number of benzene rings is 2. The summed E-state index contributed by atoms with van der Waals surface area (Å²) in [7, 11) is 1.40. The molecule has 9 heteroatoms. The third-order valence-corrected chi connectivity index (χ3v) is 6.39. The maximum atomic E-state index is 13.4. The number of para-hydroxylation sites is 1. The number of nitrogens with zero attached hydrogens (tertiary/aromatic N) is 3. The van der Waals surface area contributed by atoms with E-state index in [1.165, 1.54) is 7.11 Å². The zero-order valence-electron chi connectivity index (χ0n) is 19.0. The molecular formula is C25H24F3N3O3. The second kappa shape index (κ2) is 7.95. The number of hydrogen-bond donors (Lipinski definition) is 1. The van der Waals surface area contributed by atoms with Gasteiger partial charge in [0.05, 0.1) is 22.4 Å². The molecule has 0 atom stereocenters. The summed E-state index contributed by atoms with van der Waals surface area (Å²) >= 11 is 0. The molecule has 5 rings (SSSR count). The highest BCUT2D eigenvalue weighted by Gasteiger charge is 2.41. The van der Waals surface area contributed by atoms with Crippen LogP contribution in [0.15, 0.2) is 42.5 Å². The molecule has 1 aliphatic carbocycles. The minimum absolute atomic E-state index is 0.0293. The van der Waals surface area contributed by atoms with Gasteiger partial charge < -0.3 is 19.1 Å². The minimum atomic E-state index is -4.51. The Balaban J connectivity index is 1.69. The van der Waals surface area contributed by atoms with Crippen LogP contribution in [-0.2, 0) is 10.9 Å². The molecule has 0 aliphatic heterocycles. The lowest BCUT2D eigenvalue weighted by Gasteiger charge is -2.42. The summed E-state index contributed by atoms with van der Waals surface area (Å²) < 4.78 is 52.8. The van der Waals surface area contributed by atoms with Crippen molar-refractivity contribution in [2.24, 2.45) is 0 Å². The summed E-state index contributed by atoms with van der Waals surface area (Å²) in [6.45, 7) is 3.20. The Hall–Kier alpha value is -3.17. The van der Waals surface area contributed by atoms with Crippen molar-refractivity contribution < 1.29 is 27.8 Å². The Morgan fingerprint density at radius 1 is 1.12 bits per heavy atom. The van der Waals surface area contributed by atoms with Gasteiger partial charge in [-0.1, -0.05) is 18.2 Å². The van der Waals surface area contributed by atoms with Crippen molar-refractivity contribution in [2.75, 3.05) is 13.9 Å². The Labute approximate surface area is 193 Å². The fraction of sp³-hybridized carbons (Fsp3) is 0.360. The lowest BCUT2D eigenvalue weighted by Crippen LogP contribution is -2.41. The molecule has 2 aromatic heterocycles. The first-order valence-corrected chi connectivity index (χ1v) is 10.9. The van der Waals surface area contributed by atoms with E-state index in [1.54, 1.807) is 6.92 Å². The van der Waals surface area contributed by atoms with Crippen LogP contribution in [0, 0.1) is 6.92 Å². The van der Waals surface area contributed by atoms with Crippen LogP contribution in [0.2, 0.25) is 0 Å². The number of hydrogen-bond acceptors (Lipinski definition) is 5. The summed E-state index contributed by atoms with van der Waals surface area (Å²) in [5.74, 6) is 0.0293. The largest absolute Gasteiger partial charge is 0.467 e. The summed E-state index contributed by atoms with van der Waals surface area (Å²) in [5, 5.41) is 21.0. The van der Waals surface area contributed by atoms with Crippen molar-refractivity contribution in [1.29, 1.82) is 0 Å². The summed E-state index contributed by atoms with van der Waals surface area (Å²) in [4.78, 5) is 0. The molecule has 0 amide bonds. The van der Waals surface area contributed by atoms with E-state index < -0.39 is 17.3 Å². The van der Waals surface area contributed by atoms with Crippen LogP contribution in [0.4, 0.5) is 13.2 Å². The van der Waals surface area contributed by atoms with E-state index in [2.05, 4.69) is 14.8 Å². The van der Waals surface area contributed by atoms with Gasteiger partial charge in [-0.3, -0.25) is 0 Å². The van der Waals surface area contributed by atoms with Crippen molar-refractivity contribution in [2.45, 2.75) is 44.5 Å². The van der Waals surface area contributed by atoms with Gasteiger partial charge in [0.2, 0.25) is 0 Å². The number of alkyl halides is 3. The smallest absolute Gasteiger partial charge is 0.416 e. The van der Waals surface area contributed by atoms with E-state index >= 15 is 0 Å². The minimum Gasteiger partial charge on any atom is -0.467 e. The van der Waals surface area contributed by atoms with Crippen molar-refractivity contribution >= 4 is 21.9 Å². The second-order valence-electron chi connectivity index (χ2n) is 9.13. The number of methoxy groups -OCH3 is 1. The molecule has 2 aromatic carbocycles. The molecule has 0 spiro atoms. The van der Waals surface area contributed by atoms with Crippen LogP contribution in [0.5, 0.6) is 5.75 Å². The lowest BCUT2D eigenvalue weighted by molar-refractivity contribution is -0.137. The summed E-state index contributed by atoms with van der Waals surface area (Å²) in [6.07, 6.45) is -3.30. The number of halogens is 3. The van der Waals surface area contributed by atoms with E-state index in [1.807, 2.05) is 37.3 Å². The standard InChI is InChI=1S/C25H24F3N3O3/c1-14-8-15(25(26,27)28)9-21(34-13-33-3)22(14)19-10-18-17-6-4-5-7-20(17)31(23(18)30-29-19)16-11-24(2,32)12-16/h4-10,16,32H,11-13H2,1-3H3. The first-order valence-electron chi connectivity index (χ1n) is 10.9. The highest BCUT2D eigenvalue weighted by molar-refractivity contribution is 6.07. The number of aliphatic hydroxyl groups is 1. The number of ether oxygens (including phenoxy) is 2. The molecule has 0 radical (unpaired) electrons. The molecule has 0 unspecified atom stereocenters. The Morgan fingerprint density at radius 3 is 2.53 bits per heavy atom. The summed E-state index contributed by atoms with van der Waals surface area (Å²) in [6, 6.07) is 11.8. The highest BCUT2D eigenvalue weighted by Crippen LogP contribution is 2.46. The van der Waals surface area contributed by atoms with Gasteiger partial charge >= 0.3 is 6.18 Å². The highest BCUT2D eigenvalue weighted by atomic mass is 19.4. The van der Waals surface area contributed by atoms with Gasteiger partial charge in [0, 0.05) is 29.5 Å². The molecule has 2 heterocycles. The zero-order chi connectivity index (χ0) is 24.3. The Bertz CT molecular complexity index is 1390. The number of aromatic nitrogens is 3. The van der Waals surface area contributed by atoms with Crippen molar-refractivity contribution in [3.05, 3.63) is 53.6 Å². The van der Waals surface area contributed by atoms with Gasteiger partial charge in [-0.15, -0.1) is 10.2 Å². The van der Waals surface area contributed by atoms with Crippen molar-refractivity contribution in [3.8, 4) is 17.0 Å². The third kappa shape index (κ3) is 3.78. The molecule has 1 aliphatic rings. The number of fused-ring (bicyclic) bond motifs is 3. The fourth-order valence-corrected chi connectivity index (χ4v) is 4.90. The molecule has 1 N–H and O–H groups in total. The topological polar surface area (TPSA) is 69.4 Å². The third-order valence-electron chi connectivity index (χ3n) is 6.39. The van der Waals surface area contributed by atoms with Crippen LogP contribution in [-0.4, -0.2) is 39.4 Å². The van der Waals surface area contributed by atoms with E-state index in [0.29, 0.717) is 35.3 Å². The van der Waals surface area contributed by atoms with E-state index in [-0.39, 0.29) is 18.6 Å². The monoisotopic (exact) mass is 471 g/mol. The van der Waals surface area contributed by atoms with Crippen LogP contribution in [0.3, 0.4) is 0 Å². The van der Waals surface area contributed by atoms with Gasteiger partial charge in [0.1, 0.15) is 5.75 Å². The predicted molar refractivity (Wildman–Crippen MR) is 122 cm³/mol. The average molecular weight is 471 g/mol. The Morgan fingerprint density at radius 2 is 1.85 bits per heavy atom. The SMILES string of the molecule is COCOc1cc(C(F)(F)F)cc(C)c1-c1cc2c3ccccc3n(C3CC(C)(O)C3)c2nn1. The molecule has 0 bridgehead atoms. The predicted octanol–water partition coefficient (Wildman–Crippen LogP) is 5.65. The molecule has 0 saturated heterocycles. The molecule has 6 nitrogen and oxygen atoms in total. The fourth-order valence-electron chi connectivity index (χ4n) is 4.90. The van der Waals surface area contributed by atoms with Gasteiger partial charge in [-0.05, 0) is 56.5 Å². The van der Waals surface area contributed by atoms with Gasteiger partial charge in [0.25, 0.3) is 0 Å². The van der Waals surface area contributed by atoms with Crippen LogP contribution < -0.4 is 4.74 Å². The first kappa shape index (κ1) is 22.6. The quantitative estimate of drug-likeness (QED) is 0.381. The maximum Gasteiger partial charge on any atom is 0.416 e. The Kier molecular flexibility index (Phi) is 5.29. The van der Waals surface area contributed by atoms with E-state index in [4.69, 9.17) is 9.47 Å². The molecular weight excluding hydrogens is 447 g/mol. The van der Waals surface area contributed by atoms with Crippen LogP contribution >= 0.6 is 0 Å². The first-order chi connectivity index (χ1) is 16.1. The molecule has 4 aromatic rings. The molecule has 1 fully saturated rings. The molecule has 34 heavy (non-hydrogen) atoms. The normalized spacial score (nSPS) is 20.6. The number of aryl methyl sites for hydroxylation is 1. The second-order valence-corrected chi connectivity index (χ2v) is 9.13. The van der Waals surface area contributed by atoms with Crippen molar-refractivity contribution in [3.63, 3.8) is 0 Å². The molecule has 1 saturated carbocycles. The number of rotatable bonds is 5. The van der Waals surface area contributed by atoms with E-state index in [0.717, 1.165) is 28.4 Å². The maximum absolute atomic E-state index is 13.4. The summed E-state index contributed by atoms with van der Waals surface area (Å²) in [5.41, 5.74) is 1.35. The van der Waals surface area contributed by atoms with Gasteiger partial charge in [0.15, 0.2) is 12.4 Å². The zero-order valence-corrected chi connectivity index (χ0v) is 19.0. The molecule has 178 valence electrons. The van der Waals surface area contributed by atoms with Crippen LogP contribution in [0.1, 0.15) is 36.9 Å². The average Bonchev–Trinajstić information content (AvgIpc) is 3.08. The van der Waals surface area contributed by atoms with E-state index in [9.17, 15) is 18.3 Å². The lowest BCUT2D eigenvalue weighted by atomic mass is 9.77. The van der Waals surface area contributed by atoms with Crippen molar-refractivity contribution in [1.82, 2.24) is 14.8 Å². The van der Waals surface area contributed by atoms with Gasteiger partial charge in [-0.2, -0.15) is 13.2 Å². The van der Waals surface area contributed by atoms with Gasteiger partial charge in [-0.25, -0.2) is 0 Å².